The zero-order chi connectivity index (χ0) is 28.2. The van der Waals surface area contributed by atoms with E-state index in [1.165, 1.54) is 16.5 Å². The number of para-hydroxylation sites is 2. The van der Waals surface area contributed by atoms with E-state index in [4.69, 9.17) is 4.74 Å². The van der Waals surface area contributed by atoms with Crippen molar-refractivity contribution < 1.29 is 19.1 Å². The Labute approximate surface area is 227 Å². The van der Waals surface area contributed by atoms with Crippen LogP contribution < -0.4 is 15.0 Å². The number of aromatic nitrogens is 3. The third-order valence-corrected chi connectivity index (χ3v) is 6.03. The molecular formula is C30H33N5O4. The first-order chi connectivity index (χ1) is 18.6. The summed E-state index contributed by atoms with van der Waals surface area (Å²) >= 11 is 0. The maximum atomic E-state index is 14.2. The van der Waals surface area contributed by atoms with Crippen LogP contribution in [0.2, 0.25) is 0 Å². The molecule has 39 heavy (non-hydrogen) atoms. The Morgan fingerprint density at radius 3 is 2.31 bits per heavy atom. The van der Waals surface area contributed by atoms with Crippen LogP contribution in [0.25, 0.3) is 11.0 Å². The maximum Gasteiger partial charge on any atom is 0.249 e. The van der Waals surface area contributed by atoms with Crippen LogP contribution in [0.1, 0.15) is 56.6 Å². The van der Waals surface area contributed by atoms with Gasteiger partial charge in [-0.25, -0.2) is 4.68 Å². The van der Waals surface area contributed by atoms with Gasteiger partial charge in [-0.3, -0.25) is 19.3 Å². The number of amides is 2. The number of nitrogens with one attached hydrogen (secondary N) is 1. The molecule has 2 amide bonds. The largest absolute Gasteiger partial charge is 0.494 e. The fourth-order valence-corrected chi connectivity index (χ4v) is 4.41. The molecule has 3 aromatic carbocycles. The van der Waals surface area contributed by atoms with Crippen molar-refractivity contribution in [3.8, 4) is 5.75 Å². The SMILES string of the molecule is CCOc1ccc([C@H](C(=O)NC(C)(C)C)N(C(=O)Cn2nnc3ccccc32)c2ccccc2C(C)=O)cc1. The molecule has 1 heterocycles. The standard InChI is InChI=1S/C30H33N5O4/c1-6-39-22-17-15-21(16-18-22)28(29(38)31-30(3,4)5)35(25-13-9-7-11-23(25)20(2)36)27(37)19-34-26-14-10-8-12-24(26)32-33-34/h7-18,28H,6,19H2,1-5H3,(H,31,38)/t28-/m1/s1. The Hall–Kier alpha value is -4.53. The van der Waals surface area contributed by atoms with Gasteiger partial charge in [-0.1, -0.05) is 41.6 Å². The van der Waals surface area contributed by atoms with Crippen molar-refractivity contribution in [1.29, 1.82) is 0 Å². The highest BCUT2D eigenvalue weighted by Gasteiger charge is 2.36. The van der Waals surface area contributed by atoms with Crippen molar-refractivity contribution in [3.63, 3.8) is 0 Å². The molecule has 0 saturated carbocycles. The summed E-state index contributed by atoms with van der Waals surface area (Å²) in [5.74, 6) is -0.396. The number of benzene rings is 3. The summed E-state index contributed by atoms with van der Waals surface area (Å²) in [6, 6.07) is 20.1. The summed E-state index contributed by atoms with van der Waals surface area (Å²) in [6.07, 6.45) is 0. The number of nitrogens with zero attached hydrogens (tertiary/aromatic N) is 4. The number of carbonyl (C=O) groups is 3. The van der Waals surface area contributed by atoms with E-state index in [2.05, 4.69) is 15.6 Å². The molecule has 4 aromatic rings. The lowest BCUT2D eigenvalue weighted by Crippen LogP contribution is -2.50. The van der Waals surface area contributed by atoms with Crippen molar-refractivity contribution in [2.75, 3.05) is 11.5 Å². The second-order valence-corrected chi connectivity index (χ2v) is 10.2. The Balaban J connectivity index is 1.88. The van der Waals surface area contributed by atoms with E-state index >= 15 is 0 Å². The Kier molecular flexibility index (Phi) is 8.09. The molecule has 4 rings (SSSR count). The van der Waals surface area contributed by atoms with E-state index in [0.29, 0.717) is 40.2 Å². The number of hydrogen-bond acceptors (Lipinski definition) is 6. The molecule has 1 aromatic heterocycles. The Bertz CT molecular complexity index is 1490. The van der Waals surface area contributed by atoms with Crippen LogP contribution in [0.4, 0.5) is 5.69 Å². The van der Waals surface area contributed by atoms with Gasteiger partial charge < -0.3 is 10.1 Å². The van der Waals surface area contributed by atoms with Gasteiger partial charge in [0.05, 0.1) is 17.8 Å². The predicted molar refractivity (Wildman–Crippen MR) is 150 cm³/mol. The van der Waals surface area contributed by atoms with Gasteiger partial charge >= 0.3 is 0 Å². The van der Waals surface area contributed by atoms with Gasteiger partial charge in [0.1, 0.15) is 23.9 Å². The molecule has 9 heteroatoms. The normalized spacial score (nSPS) is 12.1. The number of Topliss-reactive ketones (excluding diaryl/α,β-unsaturated/α-hetero) is 1. The average molecular weight is 528 g/mol. The van der Waals surface area contributed by atoms with Gasteiger partial charge in [0.25, 0.3) is 0 Å². The molecule has 1 N–H and O–H groups in total. The molecule has 0 fully saturated rings. The number of ketones is 1. The molecule has 1 atom stereocenters. The minimum Gasteiger partial charge on any atom is -0.494 e. The fourth-order valence-electron chi connectivity index (χ4n) is 4.41. The highest BCUT2D eigenvalue weighted by Crippen LogP contribution is 2.33. The second kappa shape index (κ2) is 11.5. The lowest BCUT2D eigenvalue weighted by atomic mass is 9.99. The summed E-state index contributed by atoms with van der Waals surface area (Å²) in [4.78, 5) is 42.2. The first-order valence-electron chi connectivity index (χ1n) is 12.8. The highest BCUT2D eigenvalue weighted by atomic mass is 16.5. The zero-order valence-electron chi connectivity index (χ0n) is 22.8. The first kappa shape index (κ1) is 27.5. The highest BCUT2D eigenvalue weighted by molar-refractivity contribution is 6.08. The van der Waals surface area contributed by atoms with Crippen LogP contribution >= 0.6 is 0 Å². The molecular weight excluding hydrogens is 494 g/mol. The second-order valence-electron chi connectivity index (χ2n) is 10.2. The van der Waals surface area contributed by atoms with E-state index in [0.717, 1.165) is 0 Å². The molecule has 0 aliphatic rings. The number of hydrogen-bond donors (Lipinski definition) is 1. The van der Waals surface area contributed by atoms with Gasteiger partial charge in [-0.05, 0) is 76.6 Å². The average Bonchev–Trinajstić information content (AvgIpc) is 3.29. The molecule has 0 radical (unpaired) electrons. The topological polar surface area (TPSA) is 106 Å². The molecule has 202 valence electrons. The van der Waals surface area contributed by atoms with Crippen molar-refractivity contribution in [3.05, 3.63) is 83.9 Å². The van der Waals surface area contributed by atoms with E-state index < -0.39 is 17.5 Å². The van der Waals surface area contributed by atoms with Crippen LogP contribution in [0.3, 0.4) is 0 Å². The monoisotopic (exact) mass is 527 g/mol. The summed E-state index contributed by atoms with van der Waals surface area (Å²) in [7, 11) is 0. The fraction of sp³-hybridized carbons (Fsp3) is 0.300. The summed E-state index contributed by atoms with van der Waals surface area (Å²) < 4.78 is 7.09. The smallest absolute Gasteiger partial charge is 0.249 e. The van der Waals surface area contributed by atoms with Crippen LogP contribution in [-0.4, -0.2) is 44.7 Å². The third-order valence-electron chi connectivity index (χ3n) is 6.03. The van der Waals surface area contributed by atoms with Crippen LogP contribution in [-0.2, 0) is 16.1 Å². The third kappa shape index (κ3) is 6.31. The minimum atomic E-state index is -1.08. The Morgan fingerprint density at radius 1 is 0.974 bits per heavy atom. The van der Waals surface area contributed by atoms with Gasteiger partial charge in [0.2, 0.25) is 11.8 Å². The first-order valence-corrected chi connectivity index (χ1v) is 12.8. The van der Waals surface area contributed by atoms with Gasteiger partial charge in [0, 0.05) is 11.1 Å². The summed E-state index contributed by atoms with van der Waals surface area (Å²) in [6.45, 7) is 9.25. The predicted octanol–water partition coefficient (Wildman–Crippen LogP) is 4.72. The molecule has 0 aliphatic heterocycles. The number of ether oxygens (including phenoxy) is 1. The van der Waals surface area contributed by atoms with E-state index in [9.17, 15) is 14.4 Å². The zero-order valence-corrected chi connectivity index (χ0v) is 22.8. The summed E-state index contributed by atoms with van der Waals surface area (Å²) in [5.41, 5.74) is 1.99. The lowest BCUT2D eigenvalue weighted by molar-refractivity contribution is -0.128. The molecule has 0 saturated heterocycles. The van der Waals surface area contributed by atoms with Crippen molar-refractivity contribution in [1.82, 2.24) is 20.3 Å². The quantitative estimate of drug-likeness (QED) is 0.316. The Morgan fingerprint density at radius 2 is 1.64 bits per heavy atom. The van der Waals surface area contributed by atoms with E-state index in [1.54, 1.807) is 48.5 Å². The molecule has 9 nitrogen and oxygen atoms in total. The van der Waals surface area contributed by atoms with Crippen LogP contribution in [0.5, 0.6) is 5.75 Å². The number of anilines is 1. The molecule has 0 spiro atoms. The number of fused-ring (bicyclic) bond motifs is 1. The summed E-state index contributed by atoms with van der Waals surface area (Å²) in [5, 5.41) is 11.3. The van der Waals surface area contributed by atoms with E-state index in [1.807, 2.05) is 52.0 Å². The maximum absolute atomic E-state index is 14.2. The molecule has 0 aliphatic carbocycles. The van der Waals surface area contributed by atoms with Crippen molar-refractivity contribution >= 4 is 34.3 Å². The van der Waals surface area contributed by atoms with Crippen molar-refractivity contribution in [2.45, 2.75) is 52.7 Å². The molecule has 0 bridgehead atoms. The van der Waals surface area contributed by atoms with Crippen LogP contribution in [0.15, 0.2) is 72.8 Å². The van der Waals surface area contributed by atoms with Crippen molar-refractivity contribution in [2.24, 2.45) is 0 Å². The van der Waals surface area contributed by atoms with Gasteiger partial charge in [0.15, 0.2) is 5.78 Å². The van der Waals surface area contributed by atoms with Gasteiger partial charge in [-0.2, -0.15) is 0 Å². The lowest BCUT2D eigenvalue weighted by Gasteiger charge is -2.34. The van der Waals surface area contributed by atoms with Gasteiger partial charge in [-0.15, -0.1) is 5.10 Å². The van der Waals surface area contributed by atoms with Crippen LogP contribution in [0, 0.1) is 0 Å². The number of carbonyl (C=O) groups excluding carboxylic acids is 3. The molecule has 0 unspecified atom stereocenters. The minimum absolute atomic E-state index is 0.191. The number of rotatable bonds is 9. The van der Waals surface area contributed by atoms with E-state index in [-0.39, 0.29) is 18.2 Å².